The van der Waals surface area contributed by atoms with Crippen LogP contribution in [-0.2, 0) is 4.79 Å². The standard InChI is InChI=1S/C14H16N4OS/c15-13-12(9-4-2-1-3-5-9)14(20-18-13)16-8-10-6-7-11(19)17-10/h1-5,10,16H,6-8H2,(H2,15,18)(H,17,19). The van der Waals surface area contributed by atoms with Gasteiger partial charge in [0.1, 0.15) is 10.8 Å². The molecule has 104 valence electrons. The fourth-order valence-electron chi connectivity index (χ4n) is 2.35. The maximum absolute atomic E-state index is 11.2. The van der Waals surface area contributed by atoms with Gasteiger partial charge < -0.3 is 16.4 Å². The third kappa shape index (κ3) is 2.60. The van der Waals surface area contributed by atoms with E-state index in [1.54, 1.807) is 0 Å². The lowest BCUT2D eigenvalue weighted by atomic mass is 10.1. The summed E-state index contributed by atoms with van der Waals surface area (Å²) < 4.78 is 4.22. The van der Waals surface area contributed by atoms with Crippen LogP contribution in [0.1, 0.15) is 12.8 Å². The highest BCUT2D eigenvalue weighted by Crippen LogP contribution is 2.36. The number of nitrogens with two attached hydrogens (primary N) is 1. The SMILES string of the molecule is Nc1nsc(NCC2CCC(=O)N2)c1-c1ccccc1. The highest BCUT2D eigenvalue weighted by atomic mass is 32.1. The first-order chi connectivity index (χ1) is 9.74. The van der Waals surface area contributed by atoms with Crippen LogP contribution in [0, 0.1) is 0 Å². The second-order valence-electron chi connectivity index (χ2n) is 4.82. The zero-order valence-electron chi connectivity index (χ0n) is 10.9. The number of hydrogen-bond donors (Lipinski definition) is 3. The van der Waals surface area contributed by atoms with Crippen molar-refractivity contribution in [3.8, 4) is 11.1 Å². The average molecular weight is 288 g/mol. The first-order valence-corrected chi connectivity index (χ1v) is 7.35. The molecule has 1 saturated heterocycles. The van der Waals surface area contributed by atoms with Gasteiger partial charge in [0.15, 0.2) is 0 Å². The molecule has 1 aromatic carbocycles. The molecule has 1 fully saturated rings. The van der Waals surface area contributed by atoms with Crippen molar-refractivity contribution in [2.24, 2.45) is 0 Å². The molecule has 1 aromatic heterocycles. The highest BCUT2D eigenvalue weighted by Gasteiger charge is 2.21. The predicted octanol–water partition coefficient (Wildman–Crippen LogP) is 2.08. The maximum Gasteiger partial charge on any atom is 0.220 e. The van der Waals surface area contributed by atoms with E-state index < -0.39 is 0 Å². The largest absolute Gasteiger partial charge is 0.382 e. The number of hydrogen-bond acceptors (Lipinski definition) is 5. The van der Waals surface area contributed by atoms with E-state index in [4.69, 9.17) is 5.73 Å². The van der Waals surface area contributed by atoms with E-state index in [1.165, 1.54) is 11.5 Å². The van der Waals surface area contributed by atoms with Crippen LogP contribution < -0.4 is 16.4 Å². The number of anilines is 2. The van der Waals surface area contributed by atoms with Gasteiger partial charge in [0, 0.05) is 19.0 Å². The molecular formula is C14H16N4OS. The number of benzene rings is 1. The number of nitrogens with one attached hydrogen (secondary N) is 2. The molecule has 6 heteroatoms. The van der Waals surface area contributed by atoms with E-state index in [0.29, 0.717) is 18.8 Å². The van der Waals surface area contributed by atoms with Crippen LogP contribution in [0.2, 0.25) is 0 Å². The number of rotatable bonds is 4. The van der Waals surface area contributed by atoms with E-state index in [-0.39, 0.29) is 11.9 Å². The summed E-state index contributed by atoms with van der Waals surface area (Å²) in [5.74, 6) is 0.669. The van der Waals surface area contributed by atoms with Crippen LogP contribution >= 0.6 is 11.5 Å². The van der Waals surface area contributed by atoms with E-state index in [0.717, 1.165) is 22.5 Å². The molecule has 20 heavy (non-hydrogen) atoms. The van der Waals surface area contributed by atoms with Crippen LogP contribution in [-0.4, -0.2) is 22.9 Å². The van der Waals surface area contributed by atoms with Gasteiger partial charge in [0.2, 0.25) is 5.91 Å². The molecule has 1 amide bonds. The Labute approximate surface area is 121 Å². The third-order valence-corrected chi connectivity index (χ3v) is 4.19. The van der Waals surface area contributed by atoms with Crippen LogP contribution in [0.25, 0.3) is 11.1 Å². The molecular weight excluding hydrogens is 272 g/mol. The number of amides is 1. The minimum atomic E-state index is 0.129. The number of nitrogens with zero attached hydrogens (tertiary/aromatic N) is 1. The van der Waals surface area contributed by atoms with Gasteiger partial charge in [-0.15, -0.1) is 0 Å². The summed E-state index contributed by atoms with van der Waals surface area (Å²) >= 11 is 1.36. The van der Waals surface area contributed by atoms with Crippen LogP contribution in [0.3, 0.4) is 0 Å². The smallest absolute Gasteiger partial charge is 0.220 e. The molecule has 1 aliphatic heterocycles. The van der Waals surface area contributed by atoms with E-state index in [2.05, 4.69) is 15.0 Å². The Morgan fingerprint density at radius 1 is 1.40 bits per heavy atom. The lowest BCUT2D eigenvalue weighted by molar-refractivity contribution is -0.119. The van der Waals surface area contributed by atoms with Gasteiger partial charge in [-0.3, -0.25) is 4.79 Å². The van der Waals surface area contributed by atoms with Crippen molar-refractivity contribution in [1.29, 1.82) is 0 Å². The molecule has 4 N–H and O–H groups in total. The molecule has 0 radical (unpaired) electrons. The van der Waals surface area contributed by atoms with Gasteiger partial charge >= 0.3 is 0 Å². The number of aromatic nitrogens is 1. The van der Waals surface area contributed by atoms with Crippen LogP contribution in [0.5, 0.6) is 0 Å². The topological polar surface area (TPSA) is 80.0 Å². The lowest BCUT2D eigenvalue weighted by Gasteiger charge is -2.12. The van der Waals surface area contributed by atoms with Gasteiger partial charge in [-0.25, -0.2) is 0 Å². The molecule has 2 heterocycles. The second-order valence-corrected chi connectivity index (χ2v) is 5.60. The monoisotopic (exact) mass is 288 g/mol. The molecule has 5 nitrogen and oxygen atoms in total. The van der Waals surface area contributed by atoms with Crippen LogP contribution in [0.4, 0.5) is 10.8 Å². The number of carbonyl (C=O) groups is 1. The summed E-state index contributed by atoms with van der Waals surface area (Å²) in [6, 6.07) is 10.2. The third-order valence-electron chi connectivity index (χ3n) is 3.37. The summed E-state index contributed by atoms with van der Waals surface area (Å²) in [7, 11) is 0. The van der Waals surface area contributed by atoms with Gasteiger partial charge in [-0.2, -0.15) is 4.37 Å². The Morgan fingerprint density at radius 3 is 2.90 bits per heavy atom. The van der Waals surface area contributed by atoms with Gasteiger partial charge in [0.25, 0.3) is 0 Å². The zero-order valence-corrected chi connectivity index (χ0v) is 11.7. The van der Waals surface area contributed by atoms with Crippen molar-refractivity contribution in [3.63, 3.8) is 0 Å². The first kappa shape index (κ1) is 12.9. The molecule has 0 bridgehead atoms. The molecule has 0 saturated carbocycles. The lowest BCUT2D eigenvalue weighted by Crippen LogP contribution is -2.31. The fourth-order valence-corrected chi connectivity index (χ4v) is 3.10. The molecule has 0 spiro atoms. The second kappa shape index (κ2) is 5.50. The van der Waals surface area contributed by atoms with Crippen molar-refractivity contribution in [2.45, 2.75) is 18.9 Å². The van der Waals surface area contributed by atoms with Crippen molar-refractivity contribution in [1.82, 2.24) is 9.69 Å². The Bertz CT molecular complexity index is 611. The molecule has 1 aliphatic rings. The minimum absolute atomic E-state index is 0.129. The average Bonchev–Trinajstić information content (AvgIpc) is 3.03. The highest BCUT2D eigenvalue weighted by molar-refractivity contribution is 7.11. The van der Waals surface area contributed by atoms with E-state index >= 15 is 0 Å². The Kier molecular flexibility index (Phi) is 3.56. The molecule has 1 unspecified atom stereocenters. The van der Waals surface area contributed by atoms with Crippen LogP contribution in [0.15, 0.2) is 30.3 Å². The Hall–Kier alpha value is -2.08. The normalized spacial score (nSPS) is 18.0. The molecule has 3 rings (SSSR count). The number of carbonyl (C=O) groups excluding carboxylic acids is 1. The molecule has 0 aliphatic carbocycles. The number of nitrogen functional groups attached to an aromatic ring is 1. The predicted molar refractivity (Wildman–Crippen MR) is 81.6 cm³/mol. The van der Waals surface area contributed by atoms with Gasteiger partial charge in [0.05, 0.1) is 5.56 Å². The fraction of sp³-hybridized carbons (Fsp3) is 0.286. The van der Waals surface area contributed by atoms with E-state index in [9.17, 15) is 4.79 Å². The molecule has 2 aromatic rings. The zero-order chi connectivity index (χ0) is 13.9. The quantitative estimate of drug-likeness (QED) is 0.804. The summed E-state index contributed by atoms with van der Waals surface area (Å²) in [5.41, 5.74) is 7.97. The minimum Gasteiger partial charge on any atom is -0.382 e. The van der Waals surface area contributed by atoms with Crippen molar-refractivity contribution < 1.29 is 4.79 Å². The summed E-state index contributed by atoms with van der Waals surface area (Å²) in [6.07, 6.45) is 1.49. The van der Waals surface area contributed by atoms with Gasteiger partial charge in [-0.05, 0) is 23.5 Å². The first-order valence-electron chi connectivity index (χ1n) is 6.58. The van der Waals surface area contributed by atoms with Crippen molar-refractivity contribution in [2.75, 3.05) is 17.6 Å². The maximum atomic E-state index is 11.2. The van der Waals surface area contributed by atoms with Gasteiger partial charge in [-0.1, -0.05) is 30.3 Å². The molecule has 1 atom stereocenters. The van der Waals surface area contributed by atoms with E-state index in [1.807, 2.05) is 30.3 Å². The Balaban J connectivity index is 1.76. The Morgan fingerprint density at radius 2 is 2.20 bits per heavy atom. The van der Waals surface area contributed by atoms with Crippen molar-refractivity contribution in [3.05, 3.63) is 30.3 Å². The summed E-state index contributed by atoms with van der Waals surface area (Å²) in [6.45, 7) is 0.702. The summed E-state index contributed by atoms with van der Waals surface area (Å²) in [5, 5.41) is 7.25. The van der Waals surface area contributed by atoms with Crippen molar-refractivity contribution >= 4 is 28.3 Å². The summed E-state index contributed by atoms with van der Waals surface area (Å²) in [4.78, 5) is 11.2.